The van der Waals surface area contributed by atoms with E-state index in [2.05, 4.69) is 36.4 Å². The van der Waals surface area contributed by atoms with Gasteiger partial charge in [-0.25, -0.2) is 0 Å². The summed E-state index contributed by atoms with van der Waals surface area (Å²) in [6.45, 7) is 0. The highest BCUT2D eigenvalue weighted by Crippen LogP contribution is 2.56. The Morgan fingerprint density at radius 3 is 1.14 bits per heavy atom. The van der Waals surface area contributed by atoms with Gasteiger partial charge in [-0.1, -0.05) is 36.4 Å². The molecule has 0 radical (unpaired) electrons. The highest BCUT2D eigenvalue weighted by Gasteiger charge is 2.46. The van der Waals surface area contributed by atoms with E-state index < -0.39 is 5.41 Å². The van der Waals surface area contributed by atoms with Gasteiger partial charge in [0, 0.05) is 22.7 Å². The van der Waals surface area contributed by atoms with E-state index in [4.69, 9.17) is 22.9 Å². The van der Waals surface area contributed by atoms with Gasteiger partial charge in [-0.3, -0.25) is 0 Å². The van der Waals surface area contributed by atoms with Gasteiger partial charge in [0.1, 0.15) is 0 Å². The minimum absolute atomic E-state index is 0.506. The fourth-order valence-corrected chi connectivity index (χ4v) is 4.62. The zero-order chi connectivity index (χ0) is 20.2. The first-order valence-corrected chi connectivity index (χ1v) is 9.52. The molecule has 8 N–H and O–H groups in total. The van der Waals surface area contributed by atoms with Crippen molar-refractivity contribution in [3.8, 4) is 11.1 Å². The van der Waals surface area contributed by atoms with Crippen molar-refractivity contribution in [2.24, 2.45) is 0 Å². The molecular formula is C25H22N4. The molecule has 0 atom stereocenters. The van der Waals surface area contributed by atoms with Crippen molar-refractivity contribution in [3.63, 3.8) is 0 Å². The van der Waals surface area contributed by atoms with E-state index in [1.54, 1.807) is 0 Å². The maximum atomic E-state index is 6.17. The van der Waals surface area contributed by atoms with Gasteiger partial charge in [-0.05, 0) is 81.9 Å². The summed E-state index contributed by atoms with van der Waals surface area (Å²) in [5, 5.41) is 0. The molecule has 5 rings (SSSR count). The normalized spacial score (nSPS) is 13.7. The van der Waals surface area contributed by atoms with Gasteiger partial charge in [0.25, 0.3) is 0 Å². The average Bonchev–Trinajstić information content (AvgIpc) is 2.99. The van der Waals surface area contributed by atoms with Crippen molar-refractivity contribution >= 4 is 22.7 Å². The first kappa shape index (κ1) is 17.2. The summed E-state index contributed by atoms with van der Waals surface area (Å²) in [6.07, 6.45) is 0. The van der Waals surface area contributed by atoms with Crippen LogP contribution in [0.25, 0.3) is 11.1 Å². The van der Waals surface area contributed by atoms with Crippen LogP contribution in [-0.2, 0) is 5.41 Å². The molecule has 0 aliphatic heterocycles. The predicted octanol–water partition coefficient (Wildman–Crippen LogP) is 4.38. The summed E-state index contributed by atoms with van der Waals surface area (Å²) in [5.74, 6) is 0. The van der Waals surface area contributed by atoms with Gasteiger partial charge in [0.05, 0.1) is 5.41 Å². The Kier molecular flexibility index (Phi) is 3.58. The molecule has 0 saturated heterocycles. The van der Waals surface area contributed by atoms with Crippen molar-refractivity contribution < 1.29 is 0 Å². The first-order chi connectivity index (χ1) is 14.0. The Balaban J connectivity index is 1.95. The minimum atomic E-state index is -0.506. The summed E-state index contributed by atoms with van der Waals surface area (Å²) < 4.78 is 0. The van der Waals surface area contributed by atoms with Crippen LogP contribution in [0.2, 0.25) is 0 Å². The maximum Gasteiger partial charge on any atom is 0.0713 e. The van der Waals surface area contributed by atoms with Crippen molar-refractivity contribution in [2.45, 2.75) is 5.41 Å². The molecule has 1 aliphatic carbocycles. The Bertz CT molecular complexity index is 1130. The third-order valence-electron chi connectivity index (χ3n) is 5.87. The van der Waals surface area contributed by atoms with Crippen molar-refractivity contribution in [3.05, 3.63) is 107 Å². The topological polar surface area (TPSA) is 104 Å². The van der Waals surface area contributed by atoms with E-state index in [0.29, 0.717) is 0 Å². The lowest BCUT2D eigenvalue weighted by molar-refractivity contribution is 0.769. The van der Waals surface area contributed by atoms with Crippen molar-refractivity contribution in [1.29, 1.82) is 0 Å². The molecule has 0 unspecified atom stereocenters. The SMILES string of the molecule is Nc1ccc(C2(c3ccc(N)cc3)c3ccc(N)cc3-c3cc(N)ccc32)cc1. The van der Waals surface area contributed by atoms with Crippen LogP contribution >= 0.6 is 0 Å². The zero-order valence-electron chi connectivity index (χ0n) is 15.9. The number of anilines is 4. The molecule has 0 spiro atoms. The van der Waals surface area contributed by atoms with E-state index in [1.165, 1.54) is 11.1 Å². The molecule has 142 valence electrons. The van der Waals surface area contributed by atoms with E-state index in [-0.39, 0.29) is 0 Å². The Morgan fingerprint density at radius 2 is 0.759 bits per heavy atom. The molecule has 0 amide bonds. The molecule has 0 saturated carbocycles. The molecule has 1 aliphatic rings. The Morgan fingerprint density at radius 1 is 0.414 bits per heavy atom. The number of rotatable bonds is 2. The van der Waals surface area contributed by atoms with Crippen LogP contribution in [0.4, 0.5) is 22.7 Å². The fourth-order valence-electron chi connectivity index (χ4n) is 4.62. The lowest BCUT2D eigenvalue weighted by Gasteiger charge is -2.34. The van der Waals surface area contributed by atoms with Crippen LogP contribution < -0.4 is 22.9 Å². The molecule has 0 fully saturated rings. The smallest absolute Gasteiger partial charge is 0.0713 e. The second-order valence-corrected chi connectivity index (χ2v) is 7.60. The van der Waals surface area contributed by atoms with Crippen LogP contribution in [0.1, 0.15) is 22.3 Å². The fraction of sp³-hybridized carbons (Fsp3) is 0.0400. The van der Waals surface area contributed by atoms with E-state index in [1.807, 2.05) is 48.5 Å². The summed E-state index contributed by atoms with van der Waals surface area (Å²) in [7, 11) is 0. The molecule has 0 bridgehead atoms. The zero-order valence-corrected chi connectivity index (χ0v) is 15.9. The molecule has 0 aromatic heterocycles. The van der Waals surface area contributed by atoms with Gasteiger partial charge in [-0.15, -0.1) is 0 Å². The first-order valence-electron chi connectivity index (χ1n) is 9.52. The second-order valence-electron chi connectivity index (χ2n) is 7.60. The highest BCUT2D eigenvalue weighted by molar-refractivity contribution is 5.89. The molecule has 4 heteroatoms. The second kappa shape index (κ2) is 6.04. The van der Waals surface area contributed by atoms with Crippen LogP contribution in [0, 0.1) is 0 Å². The van der Waals surface area contributed by atoms with Crippen LogP contribution in [0.5, 0.6) is 0 Å². The summed E-state index contributed by atoms with van der Waals surface area (Å²) in [4.78, 5) is 0. The number of fused-ring (bicyclic) bond motifs is 3. The van der Waals surface area contributed by atoms with Gasteiger partial charge in [-0.2, -0.15) is 0 Å². The van der Waals surface area contributed by atoms with Gasteiger partial charge in [0.15, 0.2) is 0 Å². The molecule has 4 nitrogen and oxygen atoms in total. The largest absolute Gasteiger partial charge is 0.399 e. The van der Waals surface area contributed by atoms with Gasteiger partial charge in [0.2, 0.25) is 0 Å². The third-order valence-corrected chi connectivity index (χ3v) is 5.87. The van der Waals surface area contributed by atoms with Crippen molar-refractivity contribution in [2.75, 3.05) is 22.9 Å². The average molecular weight is 378 g/mol. The summed E-state index contributed by atoms with van der Waals surface area (Å²) in [5.41, 5.74) is 33.5. The number of nitrogen functional groups attached to an aromatic ring is 4. The molecule has 4 aromatic carbocycles. The quantitative estimate of drug-likeness (QED) is 0.342. The predicted molar refractivity (Wildman–Crippen MR) is 121 cm³/mol. The monoisotopic (exact) mass is 378 g/mol. The summed E-state index contributed by atoms with van der Waals surface area (Å²) in [6, 6.07) is 28.4. The lowest BCUT2D eigenvalue weighted by atomic mass is 9.67. The number of hydrogen-bond donors (Lipinski definition) is 4. The Labute approximate surface area is 169 Å². The van der Waals surface area contributed by atoms with Crippen LogP contribution in [0.15, 0.2) is 84.9 Å². The number of hydrogen-bond acceptors (Lipinski definition) is 4. The van der Waals surface area contributed by atoms with E-state index in [0.717, 1.165) is 45.0 Å². The Hall–Kier alpha value is -3.92. The standard InChI is InChI=1S/C25H22N4/c26-17-5-1-15(2-6-17)25(16-3-7-18(27)8-4-16)23-11-9-19(28)13-21(23)22-14-20(29)10-12-24(22)25/h1-14H,26-29H2. The van der Waals surface area contributed by atoms with E-state index in [9.17, 15) is 0 Å². The molecule has 0 heterocycles. The highest BCUT2D eigenvalue weighted by atomic mass is 14.6. The van der Waals surface area contributed by atoms with Crippen LogP contribution in [-0.4, -0.2) is 0 Å². The minimum Gasteiger partial charge on any atom is -0.399 e. The van der Waals surface area contributed by atoms with E-state index >= 15 is 0 Å². The molecule has 29 heavy (non-hydrogen) atoms. The summed E-state index contributed by atoms with van der Waals surface area (Å²) >= 11 is 0. The van der Waals surface area contributed by atoms with Crippen molar-refractivity contribution in [1.82, 2.24) is 0 Å². The van der Waals surface area contributed by atoms with Gasteiger partial charge >= 0.3 is 0 Å². The van der Waals surface area contributed by atoms with Crippen LogP contribution in [0.3, 0.4) is 0 Å². The molecule has 4 aromatic rings. The lowest BCUT2D eigenvalue weighted by Crippen LogP contribution is -2.28. The maximum absolute atomic E-state index is 6.17. The van der Waals surface area contributed by atoms with Gasteiger partial charge < -0.3 is 22.9 Å². The third kappa shape index (κ3) is 2.39. The number of benzene rings is 4. The number of nitrogens with two attached hydrogens (primary N) is 4. The molecular weight excluding hydrogens is 356 g/mol.